The standard InChI is InChI=1S/C22H14O12/c23-10-6-13(26)17-15(7-10)33-22(9-1-2-11(24)12(25)5-9)21(31,19(17)28)32-16-4-8(20(29)30)3-14(27)18(16)34-22/h1-7,23-27,31H,(H,29,30). The molecule has 2 aliphatic heterocycles. The zero-order valence-electron chi connectivity index (χ0n) is 16.7. The fraction of sp³-hybridized carbons (Fsp3) is 0.0909. The quantitative estimate of drug-likeness (QED) is 0.266. The number of fused-ring (bicyclic) bond motifs is 3. The monoisotopic (exact) mass is 470 g/mol. The zero-order valence-corrected chi connectivity index (χ0v) is 16.7. The molecule has 0 radical (unpaired) electrons. The van der Waals surface area contributed by atoms with Gasteiger partial charge in [-0.15, -0.1) is 0 Å². The summed E-state index contributed by atoms with van der Waals surface area (Å²) in [5, 5.41) is 71.1. The minimum absolute atomic E-state index is 0.292. The van der Waals surface area contributed by atoms with Gasteiger partial charge >= 0.3 is 17.5 Å². The van der Waals surface area contributed by atoms with Gasteiger partial charge in [0, 0.05) is 17.7 Å². The second-order valence-corrected chi connectivity index (χ2v) is 7.57. The summed E-state index contributed by atoms with van der Waals surface area (Å²) in [7, 11) is 0. The van der Waals surface area contributed by atoms with Crippen molar-refractivity contribution in [3.05, 3.63) is 59.2 Å². The first kappa shape index (κ1) is 21.0. The van der Waals surface area contributed by atoms with Gasteiger partial charge in [-0.25, -0.2) is 4.79 Å². The van der Waals surface area contributed by atoms with Gasteiger partial charge in [-0.2, -0.15) is 0 Å². The summed E-state index contributed by atoms with van der Waals surface area (Å²) in [6.07, 6.45) is 0. The van der Waals surface area contributed by atoms with Crippen molar-refractivity contribution >= 4 is 11.8 Å². The molecule has 0 aromatic heterocycles. The number of aromatic carboxylic acids is 1. The Kier molecular flexibility index (Phi) is 4.07. The topological polar surface area (TPSA) is 203 Å². The molecule has 0 aliphatic carbocycles. The molecule has 0 spiro atoms. The van der Waals surface area contributed by atoms with E-state index in [0.717, 1.165) is 42.5 Å². The van der Waals surface area contributed by atoms with Crippen molar-refractivity contribution in [3.63, 3.8) is 0 Å². The molecular formula is C22H14O12. The van der Waals surface area contributed by atoms with Crippen LogP contribution in [-0.2, 0) is 5.79 Å². The molecule has 7 N–H and O–H groups in total. The highest BCUT2D eigenvalue weighted by Crippen LogP contribution is 2.57. The Morgan fingerprint density at radius 2 is 1.50 bits per heavy atom. The van der Waals surface area contributed by atoms with E-state index in [4.69, 9.17) is 14.2 Å². The minimum atomic E-state index is -3.16. The summed E-state index contributed by atoms with van der Waals surface area (Å²) in [5.74, 6) is -13.5. The molecule has 174 valence electrons. The second kappa shape index (κ2) is 6.59. The molecular weight excluding hydrogens is 456 g/mol. The Bertz CT molecular complexity index is 1410. The molecule has 34 heavy (non-hydrogen) atoms. The minimum Gasteiger partial charge on any atom is -0.508 e. The number of carboxylic acids is 1. The van der Waals surface area contributed by atoms with Gasteiger partial charge in [0.1, 0.15) is 22.8 Å². The van der Waals surface area contributed by atoms with Gasteiger partial charge in [-0.05, 0) is 30.3 Å². The maximum absolute atomic E-state index is 13.5. The number of phenols is 5. The summed E-state index contributed by atoms with van der Waals surface area (Å²) in [5.41, 5.74) is -1.35. The summed E-state index contributed by atoms with van der Waals surface area (Å²) >= 11 is 0. The maximum Gasteiger partial charge on any atom is 0.358 e. The molecule has 2 unspecified atom stereocenters. The van der Waals surface area contributed by atoms with E-state index in [-0.39, 0.29) is 5.56 Å². The van der Waals surface area contributed by atoms with Crippen LogP contribution < -0.4 is 14.2 Å². The van der Waals surface area contributed by atoms with Crippen molar-refractivity contribution in [1.29, 1.82) is 0 Å². The van der Waals surface area contributed by atoms with E-state index in [1.807, 2.05) is 0 Å². The first-order valence-electron chi connectivity index (χ1n) is 9.50. The Morgan fingerprint density at radius 3 is 2.18 bits per heavy atom. The third kappa shape index (κ3) is 2.62. The first-order valence-corrected chi connectivity index (χ1v) is 9.50. The van der Waals surface area contributed by atoms with Crippen LogP contribution in [0.3, 0.4) is 0 Å². The first-order chi connectivity index (χ1) is 16.0. The summed E-state index contributed by atoms with van der Waals surface area (Å²) in [6.45, 7) is 0. The fourth-order valence-corrected chi connectivity index (χ4v) is 3.88. The van der Waals surface area contributed by atoms with E-state index < -0.39 is 80.4 Å². The van der Waals surface area contributed by atoms with Crippen molar-refractivity contribution < 1.29 is 59.5 Å². The number of hydrogen-bond acceptors (Lipinski definition) is 11. The number of aliphatic hydroxyl groups is 1. The second-order valence-electron chi connectivity index (χ2n) is 7.57. The number of phenolic OH excluding ortho intramolecular Hbond substituents is 5. The van der Waals surface area contributed by atoms with Gasteiger partial charge in [-0.3, -0.25) is 4.79 Å². The smallest absolute Gasteiger partial charge is 0.358 e. The highest BCUT2D eigenvalue weighted by Gasteiger charge is 2.71. The lowest BCUT2D eigenvalue weighted by atomic mass is 9.85. The number of benzene rings is 3. The summed E-state index contributed by atoms with van der Waals surface area (Å²) < 4.78 is 17.0. The lowest BCUT2D eigenvalue weighted by Gasteiger charge is -2.50. The van der Waals surface area contributed by atoms with E-state index in [1.165, 1.54) is 0 Å². The number of ether oxygens (including phenoxy) is 3. The van der Waals surface area contributed by atoms with Gasteiger partial charge in [-0.1, -0.05) is 0 Å². The van der Waals surface area contributed by atoms with Gasteiger partial charge < -0.3 is 50.0 Å². The van der Waals surface area contributed by atoms with Crippen molar-refractivity contribution in [2.45, 2.75) is 11.6 Å². The molecule has 3 aromatic rings. The number of hydrogen-bond donors (Lipinski definition) is 7. The Hall–Kier alpha value is -4.84. The normalized spacial score (nSPS) is 22.3. The molecule has 0 fully saturated rings. The number of ketones is 1. The van der Waals surface area contributed by atoms with Gasteiger partial charge in [0.05, 0.1) is 5.56 Å². The molecule has 0 saturated heterocycles. The average Bonchev–Trinajstić information content (AvgIpc) is 2.75. The molecule has 12 heteroatoms. The van der Waals surface area contributed by atoms with Crippen molar-refractivity contribution in [1.82, 2.24) is 0 Å². The van der Waals surface area contributed by atoms with Crippen LogP contribution >= 0.6 is 0 Å². The molecule has 0 amide bonds. The maximum atomic E-state index is 13.5. The highest BCUT2D eigenvalue weighted by molar-refractivity contribution is 6.08. The average molecular weight is 470 g/mol. The molecule has 5 rings (SSSR count). The number of carboxylic acid groups (broad SMARTS) is 1. The molecule has 12 nitrogen and oxygen atoms in total. The zero-order chi connectivity index (χ0) is 24.6. The van der Waals surface area contributed by atoms with Gasteiger partial charge in [0.15, 0.2) is 23.0 Å². The Morgan fingerprint density at radius 1 is 0.765 bits per heavy atom. The van der Waals surface area contributed by atoms with Crippen LogP contribution in [0.15, 0.2) is 42.5 Å². The lowest BCUT2D eigenvalue weighted by Crippen LogP contribution is -2.70. The number of carbonyl (C=O) groups is 2. The molecule has 3 aromatic carbocycles. The van der Waals surface area contributed by atoms with Crippen LogP contribution in [0.1, 0.15) is 26.3 Å². The molecule has 0 saturated carbocycles. The SMILES string of the molecule is O=C(O)c1cc(O)c2c(c1)OC1(O)C(=O)c3c(O)cc(O)cc3OC1(c1ccc(O)c(O)c1)O2. The van der Waals surface area contributed by atoms with Crippen LogP contribution in [0.25, 0.3) is 0 Å². The predicted octanol–water partition coefficient (Wildman–Crippen LogP) is 1.50. The largest absolute Gasteiger partial charge is 0.508 e. The summed E-state index contributed by atoms with van der Waals surface area (Å²) in [6, 6.07) is 6.46. The molecule has 2 heterocycles. The summed E-state index contributed by atoms with van der Waals surface area (Å²) in [4.78, 5) is 24.9. The Labute approximate surface area is 188 Å². The molecule has 2 atom stereocenters. The van der Waals surface area contributed by atoms with E-state index in [0.29, 0.717) is 0 Å². The third-order valence-electron chi connectivity index (χ3n) is 5.44. The number of rotatable bonds is 2. The van der Waals surface area contributed by atoms with E-state index in [1.54, 1.807) is 0 Å². The highest BCUT2D eigenvalue weighted by atomic mass is 16.8. The van der Waals surface area contributed by atoms with Crippen molar-refractivity contribution in [2.24, 2.45) is 0 Å². The van der Waals surface area contributed by atoms with Crippen LogP contribution in [0.2, 0.25) is 0 Å². The molecule has 2 aliphatic rings. The molecule has 0 bridgehead atoms. The van der Waals surface area contributed by atoms with Crippen molar-refractivity contribution in [2.75, 3.05) is 0 Å². The van der Waals surface area contributed by atoms with Crippen LogP contribution in [0, 0.1) is 0 Å². The van der Waals surface area contributed by atoms with Gasteiger partial charge in [0.2, 0.25) is 5.75 Å². The van der Waals surface area contributed by atoms with E-state index in [9.17, 15) is 45.3 Å². The van der Waals surface area contributed by atoms with Crippen LogP contribution in [0.4, 0.5) is 0 Å². The van der Waals surface area contributed by atoms with E-state index in [2.05, 4.69) is 0 Å². The van der Waals surface area contributed by atoms with Crippen LogP contribution in [-0.4, -0.2) is 53.3 Å². The van der Waals surface area contributed by atoms with Crippen LogP contribution in [0.5, 0.6) is 46.0 Å². The number of Topliss-reactive ketones (excluding diaryl/α,β-unsaturated/α-hetero) is 1. The van der Waals surface area contributed by atoms with E-state index >= 15 is 0 Å². The third-order valence-corrected chi connectivity index (χ3v) is 5.44. The fourth-order valence-electron chi connectivity index (χ4n) is 3.88. The van der Waals surface area contributed by atoms with Crippen molar-refractivity contribution in [3.8, 4) is 46.0 Å². The van der Waals surface area contributed by atoms with Gasteiger partial charge in [0.25, 0.3) is 5.78 Å². The Balaban J connectivity index is 1.83. The number of aromatic hydroxyl groups is 5. The lowest BCUT2D eigenvalue weighted by molar-refractivity contribution is -0.316. The predicted molar refractivity (Wildman–Crippen MR) is 107 cm³/mol. The number of carbonyl (C=O) groups excluding carboxylic acids is 1.